The van der Waals surface area contributed by atoms with Crippen LogP contribution in [0.5, 0.6) is 0 Å². The first kappa shape index (κ1) is 15.9. The van der Waals surface area contributed by atoms with Gasteiger partial charge in [-0.3, -0.25) is 10.2 Å². The van der Waals surface area contributed by atoms with E-state index in [9.17, 15) is 4.79 Å². The topological polar surface area (TPSA) is 84.1 Å². The van der Waals surface area contributed by atoms with Crippen molar-refractivity contribution in [2.75, 3.05) is 11.2 Å². The number of aryl methyl sites for hydroxylation is 1. The van der Waals surface area contributed by atoms with Gasteiger partial charge >= 0.3 is 0 Å². The number of aromatic nitrogens is 2. The monoisotopic (exact) mass is 337 g/mol. The first-order valence-corrected chi connectivity index (χ1v) is 8.83. The summed E-state index contributed by atoms with van der Waals surface area (Å²) in [6, 6.07) is 6.16. The zero-order valence-corrected chi connectivity index (χ0v) is 14.7. The third-order valence-corrected chi connectivity index (χ3v) is 5.64. The Balaban J connectivity index is 1.82. The Bertz CT molecular complexity index is 842. The average Bonchev–Trinajstić information content (AvgIpc) is 2.83. The number of hydrazine groups is 1. The molecule has 2 aliphatic rings. The number of hydrogen-bond acceptors (Lipinski definition) is 5. The number of amides is 1. The lowest BCUT2D eigenvalue weighted by Gasteiger charge is -2.42. The highest BCUT2D eigenvalue weighted by molar-refractivity contribution is 6.02. The van der Waals surface area contributed by atoms with Crippen molar-refractivity contribution in [3.63, 3.8) is 0 Å². The number of nitrogen functional groups attached to an aromatic ring is 1. The second-order valence-electron chi connectivity index (χ2n) is 7.07. The maximum absolute atomic E-state index is 13.3. The van der Waals surface area contributed by atoms with Crippen LogP contribution in [0.4, 0.5) is 11.6 Å². The second kappa shape index (κ2) is 5.72. The van der Waals surface area contributed by atoms with Crippen LogP contribution >= 0.6 is 0 Å². The molecule has 0 saturated heterocycles. The number of carbonyl (C=O) groups is 1. The summed E-state index contributed by atoms with van der Waals surface area (Å²) in [5, 5.41) is 1.80. The molecular weight excluding hydrogens is 314 g/mol. The molecule has 1 aromatic carbocycles. The van der Waals surface area contributed by atoms with Gasteiger partial charge in [0, 0.05) is 11.1 Å². The van der Waals surface area contributed by atoms with Gasteiger partial charge < -0.3 is 5.73 Å². The highest BCUT2D eigenvalue weighted by atomic mass is 16.2. The molecule has 6 heteroatoms. The van der Waals surface area contributed by atoms with E-state index in [4.69, 9.17) is 5.73 Å². The summed E-state index contributed by atoms with van der Waals surface area (Å²) >= 11 is 0. The first-order valence-electron chi connectivity index (χ1n) is 8.83. The fraction of sp³-hybridized carbons (Fsp3) is 0.421. The number of carbonyl (C=O) groups excluding carboxylic acids is 1. The third kappa shape index (κ3) is 2.27. The Morgan fingerprint density at radius 3 is 2.68 bits per heavy atom. The first-order chi connectivity index (χ1) is 12.0. The van der Waals surface area contributed by atoms with Crippen molar-refractivity contribution in [2.45, 2.75) is 51.5 Å². The minimum absolute atomic E-state index is 0.0200. The maximum atomic E-state index is 13.3. The fourth-order valence-electron chi connectivity index (χ4n) is 4.24. The molecule has 4 rings (SSSR count). The predicted octanol–water partition coefficient (Wildman–Crippen LogP) is 3.32. The van der Waals surface area contributed by atoms with E-state index in [1.165, 1.54) is 12.7 Å². The molecule has 1 fully saturated rings. The number of rotatable bonds is 2. The Kier molecular flexibility index (Phi) is 3.63. The molecule has 1 aromatic heterocycles. The molecule has 0 radical (unpaired) electrons. The van der Waals surface area contributed by atoms with Gasteiger partial charge in [0.1, 0.15) is 12.1 Å². The van der Waals surface area contributed by atoms with Crippen molar-refractivity contribution in [2.24, 2.45) is 0 Å². The Morgan fingerprint density at radius 2 is 1.92 bits per heavy atom. The van der Waals surface area contributed by atoms with Gasteiger partial charge in [-0.25, -0.2) is 15.0 Å². The predicted molar refractivity (Wildman–Crippen MR) is 96.9 cm³/mol. The van der Waals surface area contributed by atoms with Crippen LogP contribution in [0.15, 0.2) is 24.5 Å². The Morgan fingerprint density at radius 1 is 1.16 bits per heavy atom. The van der Waals surface area contributed by atoms with Gasteiger partial charge in [-0.2, -0.15) is 0 Å². The largest absolute Gasteiger partial charge is 0.383 e. The Labute approximate surface area is 147 Å². The zero-order chi connectivity index (χ0) is 17.6. The summed E-state index contributed by atoms with van der Waals surface area (Å²) in [6.07, 6.45) is 6.79. The van der Waals surface area contributed by atoms with Crippen LogP contribution in [-0.2, 0) is 5.54 Å². The highest BCUT2D eigenvalue weighted by Crippen LogP contribution is 2.49. The lowest BCUT2D eigenvalue weighted by atomic mass is 9.76. The summed E-state index contributed by atoms with van der Waals surface area (Å²) in [5.74, 6) is 1.04. The number of fused-ring (bicyclic) bond motifs is 2. The molecule has 130 valence electrons. The van der Waals surface area contributed by atoms with Gasteiger partial charge in [-0.05, 0) is 37.8 Å². The number of benzene rings is 1. The third-order valence-electron chi connectivity index (χ3n) is 5.64. The minimum atomic E-state index is -0.303. The fourth-order valence-corrected chi connectivity index (χ4v) is 4.24. The maximum Gasteiger partial charge on any atom is 0.273 e. The van der Waals surface area contributed by atoms with E-state index in [0.717, 1.165) is 47.9 Å². The van der Waals surface area contributed by atoms with E-state index in [1.54, 1.807) is 5.01 Å². The van der Waals surface area contributed by atoms with E-state index in [1.807, 2.05) is 19.9 Å². The van der Waals surface area contributed by atoms with E-state index < -0.39 is 0 Å². The number of nitrogens with one attached hydrogen (secondary N) is 1. The van der Waals surface area contributed by atoms with E-state index in [-0.39, 0.29) is 11.4 Å². The Hall–Kier alpha value is -2.63. The van der Waals surface area contributed by atoms with Crippen LogP contribution in [0, 0.1) is 13.8 Å². The molecule has 1 aliphatic carbocycles. The summed E-state index contributed by atoms with van der Waals surface area (Å²) in [7, 11) is 0. The van der Waals surface area contributed by atoms with Crippen LogP contribution in [0.25, 0.3) is 0 Å². The van der Waals surface area contributed by atoms with E-state index >= 15 is 0 Å². The molecular formula is C19H23N5O. The van der Waals surface area contributed by atoms with Crippen LogP contribution in [0.1, 0.15) is 59.2 Å². The molecule has 0 bridgehead atoms. The molecule has 1 aliphatic heterocycles. The number of nitrogens with two attached hydrogens (primary N) is 1. The molecule has 0 atom stereocenters. The van der Waals surface area contributed by atoms with Gasteiger partial charge in [0.25, 0.3) is 5.91 Å². The van der Waals surface area contributed by atoms with Gasteiger partial charge in [-0.1, -0.05) is 37.5 Å². The molecule has 2 aromatic rings. The molecule has 6 nitrogen and oxygen atoms in total. The summed E-state index contributed by atoms with van der Waals surface area (Å²) in [6.45, 7) is 3.87. The number of anilines is 2. The SMILES string of the molecule is Cc1cccc2c1C(=O)N(Nc1ncnc(N)c1C)C21CCCCC1. The van der Waals surface area contributed by atoms with Crippen molar-refractivity contribution in [1.29, 1.82) is 0 Å². The van der Waals surface area contributed by atoms with Crippen LogP contribution < -0.4 is 11.2 Å². The molecule has 2 heterocycles. The second-order valence-corrected chi connectivity index (χ2v) is 7.07. The smallest absolute Gasteiger partial charge is 0.273 e. The summed E-state index contributed by atoms with van der Waals surface area (Å²) in [5.41, 5.74) is 12.7. The van der Waals surface area contributed by atoms with Gasteiger partial charge in [0.2, 0.25) is 0 Å². The summed E-state index contributed by atoms with van der Waals surface area (Å²) in [4.78, 5) is 21.6. The lowest BCUT2D eigenvalue weighted by Crippen LogP contribution is -2.48. The van der Waals surface area contributed by atoms with Crippen molar-refractivity contribution < 1.29 is 4.79 Å². The molecule has 0 unspecified atom stereocenters. The zero-order valence-electron chi connectivity index (χ0n) is 14.7. The van der Waals surface area contributed by atoms with Crippen molar-refractivity contribution in [1.82, 2.24) is 15.0 Å². The van der Waals surface area contributed by atoms with Crippen molar-refractivity contribution in [3.05, 3.63) is 46.8 Å². The van der Waals surface area contributed by atoms with Crippen LogP contribution in [0.3, 0.4) is 0 Å². The quantitative estimate of drug-likeness (QED) is 0.878. The lowest BCUT2D eigenvalue weighted by molar-refractivity contribution is 0.0522. The van der Waals surface area contributed by atoms with Crippen molar-refractivity contribution in [3.8, 4) is 0 Å². The standard InChI is InChI=1S/C19H23N5O/c1-12-7-6-8-14-15(12)18(25)24(19(14)9-4-3-5-10-19)23-17-13(2)16(20)21-11-22-17/h6-8,11H,3-5,9-10H2,1-2H3,(H3,20,21,22,23). The van der Waals surface area contributed by atoms with Gasteiger partial charge in [0.15, 0.2) is 5.82 Å². The highest BCUT2D eigenvalue weighted by Gasteiger charge is 2.51. The molecule has 1 saturated carbocycles. The van der Waals surface area contributed by atoms with Gasteiger partial charge in [-0.15, -0.1) is 0 Å². The molecule has 3 N–H and O–H groups in total. The average molecular weight is 337 g/mol. The van der Waals surface area contributed by atoms with E-state index in [2.05, 4.69) is 27.5 Å². The van der Waals surface area contributed by atoms with Crippen LogP contribution in [-0.4, -0.2) is 20.9 Å². The molecule has 1 spiro atoms. The summed E-state index contributed by atoms with van der Waals surface area (Å²) < 4.78 is 0. The number of hydrogen-bond donors (Lipinski definition) is 2. The number of nitrogens with zero attached hydrogens (tertiary/aromatic N) is 3. The normalized spacial score (nSPS) is 18.5. The van der Waals surface area contributed by atoms with Crippen LogP contribution in [0.2, 0.25) is 0 Å². The molecule has 1 amide bonds. The van der Waals surface area contributed by atoms with Crippen molar-refractivity contribution >= 4 is 17.5 Å². The van der Waals surface area contributed by atoms with E-state index in [0.29, 0.717) is 11.6 Å². The molecule has 25 heavy (non-hydrogen) atoms. The van der Waals surface area contributed by atoms with Gasteiger partial charge in [0.05, 0.1) is 5.54 Å². The minimum Gasteiger partial charge on any atom is -0.383 e.